The van der Waals surface area contributed by atoms with Gasteiger partial charge in [-0.05, 0) is 83.8 Å². The summed E-state index contributed by atoms with van der Waals surface area (Å²) in [7, 11) is 0. The monoisotopic (exact) mass is 686 g/mol. The van der Waals surface area contributed by atoms with Crippen molar-refractivity contribution in [2.45, 2.75) is 124 Å². The lowest BCUT2D eigenvalue weighted by molar-refractivity contribution is -0.204. The van der Waals surface area contributed by atoms with Crippen molar-refractivity contribution in [3.8, 4) is 0 Å². The standard InChI is InChI=1S/C48H62O3/c1-34(2)16-15-17-35(3)41-26-27-42-40-25-24-39-30-44(49-31-36-18-9-6-10-19-36)45(50-32-37-20-11-7-12-21-37)46(51-33-38-22-13-8-14-23-38)48(39,5)43(40)28-29-47(41,42)4/h6-14,18-25,34-35,41-46H,15-17,26-33H2,1-5H3/t35-,41-,42+,43+,44-,45+,46+,47-,48+/m1/s1. The van der Waals surface area contributed by atoms with E-state index in [1.54, 1.807) is 5.57 Å². The average molecular weight is 687 g/mol. The first-order valence-electron chi connectivity index (χ1n) is 20.1. The van der Waals surface area contributed by atoms with Crippen molar-refractivity contribution in [2.75, 3.05) is 0 Å². The SMILES string of the molecule is CC(C)CCC[C@@H](C)[C@H]1CC[C@H]2C3=CC=C4C[C@@H](OCc5ccccc5)[C@H](OCc5ccccc5)[C@H](OCc5ccccc5)[C@]4(C)[C@H]3CC[C@]12C. The van der Waals surface area contributed by atoms with Crippen LogP contribution in [0.25, 0.3) is 0 Å². The minimum absolute atomic E-state index is 0.111. The van der Waals surface area contributed by atoms with Crippen molar-refractivity contribution in [1.82, 2.24) is 0 Å². The van der Waals surface area contributed by atoms with Gasteiger partial charge in [0.05, 0.1) is 32.0 Å². The smallest absolute Gasteiger partial charge is 0.111 e. The zero-order valence-corrected chi connectivity index (χ0v) is 31.9. The van der Waals surface area contributed by atoms with Gasteiger partial charge in [-0.15, -0.1) is 0 Å². The molecule has 0 radical (unpaired) electrons. The first-order chi connectivity index (χ1) is 24.8. The van der Waals surface area contributed by atoms with Gasteiger partial charge in [-0.2, -0.15) is 0 Å². The summed E-state index contributed by atoms with van der Waals surface area (Å²) in [6.45, 7) is 14.2. The van der Waals surface area contributed by atoms with Crippen LogP contribution in [0.2, 0.25) is 0 Å². The van der Waals surface area contributed by atoms with E-state index in [-0.39, 0.29) is 23.7 Å². The fourth-order valence-electron chi connectivity index (χ4n) is 11.0. The first-order valence-corrected chi connectivity index (χ1v) is 20.1. The second-order valence-corrected chi connectivity index (χ2v) is 17.3. The largest absolute Gasteiger partial charge is 0.370 e. The highest BCUT2D eigenvalue weighted by atomic mass is 16.6. The Hall–Kier alpha value is -2.98. The minimum Gasteiger partial charge on any atom is -0.370 e. The molecular weight excluding hydrogens is 625 g/mol. The molecule has 0 heterocycles. The second-order valence-electron chi connectivity index (χ2n) is 17.3. The highest BCUT2D eigenvalue weighted by Gasteiger charge is 2.61. The average Bonchev–Trinajstić information content (AvgIpc) is 3.51. The van der Waals surface area contributed by atoms with Gasteiger partial charge in [0, 0.05) is 5.41 Å². The fourth-order valence-corrected chi connectivity index (χ4v) is 11.0. The lowest BCUT2D eigenvalue weighted by Crippen LogP contribution is -2.60. The molecule has 0 amide bonds. The highest BCUT2D eigenvalue weighted by Crippen LogP contribution is 2.66. The van der Waals surface area contributed by atoms with Gasteiger partial charge in [-0.3, -0.25) is 0 Å². The zero-order chi connectivity index (χ0) is 35.4. The molecule has 0 aliphatic heterocycles. The number of rotatable bonds is 14. The Morgan fingerprint density at radius 2 is 1.24 bits per heavy atom. The Labute approximate surface area is 308 Å². The number of hydrogen-bond acceptors (Lipinski definition) is 3. The maximum absolute atomic E-state index is 7.26. The third kappa shape index (κ3) is 7.59. The molecule has 3 fully saturated rings. The summed E-state index contributed by atoms with van der Waals surface area (Å²) < 4.78 is 21.2. The molecule has 0 aromatic heterocycles. The Morgan fingerprint density at radius 3 is 1.84 bits per heavy atom. The molecule has 0 bridgehead atoms. The van der Waals surface area contributed by atoms with E-state index in [1.807, 2.05) is 0 Å². The Kier molecular flexibility index (Phi) is 11.4. The molecule has 3 heteroatoms. The number of hydrogen-bond donors (Lipinski definition) is 0. The van der Waals surface area contributed by atoms with Gasteiger partial charge in [0.25, 0.3) is 0 Å². The Morgan fingerprint density at radius 1 is 0.647 bits per heavy atom. The summed E-state index contributed by atoms with van der Waals surface area (Å²) in [4.78, 5) is 0. The summed E-state index contributed by atoms with van der Waals surface area (Å²) >= 11 is 0. The van der Waals surface area contributed by atoms with E-state index in [0.717, 1.165) is 24.2 Å². The van der Waals surface area contributed by atoms with E-state index in [0.29, 0.717) is 37.1 Å². The van der Waals surface area contributed by atoms with Crippen LogP contribution in [0.5, 0.6) is 0 Å². The van der Waals surface area contributed by atoms with Gasteiger partial charge >= 0.3 is 0 Å². The predicted octanol–water partition coefficient (Wildman–Crippen LogP) is 11.9. The topological polar surface area (TPSA) is 27.7 Å². The third-order valence-corrected chi connectivity index (χ3v) is 13.7. The summed E-state index contributed by atoms with van der Waals surface area (Å²) in [5, 5.41) is 0. The lowest BCUT2D eigenvalue weighted by atomic mass is 9.49. The van der Waals surface area contributed by atoms with Crippen LogP contribution >= 0.6 is 0 Å². The predicted molar refractivity (Wildman–Crippen MR) is 209 cm³/mol. The lowest BCUT2D eigenvalue weighted by Gasteiger charge is -2.59. The molecular formula is C48H62O3. The molecule has 3 saturated carbocycles. The molecule has 4 aliphatic rings. The maximum atomic E-state index is 7.26. The van der Waals surface area contributed by atoms with Gasteiger partial charge < -0.3 is 14.2 Å². The quantitative estimate of drug-likeness (QED) is 0.169. The first kappa shape index (κ1) is 36.4. The Balaban J connectivity index is 1.21. The molecule has 0 spiro atoms. The van der Waals surface area contributed by atoms with Crippen molar-refractivity contribution in [2.24, 2.45) is 40.4 Å². The van der Waals surface area contributed by atoms with Crippen LogP contribution < -0.4 is 0 Å². The van der Waals surface area contributed by atoms with Gasteiger partial charge in [-0.1, -0.05) is 168 Å². The number of fused-ring (bicyclic) bond motifs is 5. The van der Waals surface area contributed by atoms with Gasteiger partial charge in [-0.25, -0.2) is 0 Å². The number of ether oxygens (including phenoxy) is 3. The number of allylic oxidation sites excluding steroid dienone is 3. The van der Waals surface area contributed by atoms with Crippen molar-refractivity contribution < 1.29 is 14.2 Å². The molecule has 7 rings (SSSR count). The van der Waals surface area contributed by atoms with Crippen molar-refractivity contribution >= 4 is 0 Å². The molecule has 51 heavy (non-hydrogen) atoms. The molecule has 3 aromatic rings. The van der Waals surface area contributed by atoms with Crippen LogP contribution in [0.4, 0.5) is 0 Å². The molecule has 0 N–H and O–H groups in total. The third-order valence-electron chi connectivity index (χ3n) is 13.7. The highest BCUT2D eigenvalue weighted by molar-refractivity contribution is 5.41. The van der Waals surface area contributed by atoms with Gasteiger partial charge in [0.15, 0.2) is 0 Å². The molecule has 4 aliphatic carbocycles. The van der Waals surface area contributed by atoms with Crippen LogP contribution in [0.1, 0.15) is 103 Å². The normalized spacial score (nSPS) is 32.0. The van der Waals surface area contributed by atoms with E-state index in [9.17, 15) is 0 Å². The molecule has 3 nitrogen and oxygen atoms in total. The van der Waals surface area contributed by atoms with E-state index < -0.39 is 0 Å². The van der Waals surface area contributed by atoms with E-state index >= 15 is 0 Å². The molecule has 0 saturated heterocycles. The maximum Gasteiger partial charge on any atom is 0.111 e. The van der Waals surface area contributed by atoms with Crippen LogP contribution in [0.15, 0.2) is 114 Å². The van der Waals surface area contributed by atoms with E-state index in [2.05, 4.69) is 138 Å². The minimum atomic E-state index is -0.204. The van der Waals surface area contributed by atoms with Crippen molar-refractivity contribution in [3.63, 3.8) is 0 Å². The zero-order valence-electron chi connectivity index (χ0n) is 31.9. The van der Waals surface area contributed by atoms with Gasteiger partial charge in [0.1, 0.15) is 6.10 Å². The summed E-state index contributed by atoms with van der Waals surface area (Å²) in [5.41, 5.74) is 6.96. The fraction of sp³-hybridized carbons (Fsp3) is 0.542. The molecule has 3 aromatic carbocycles. The summed E-state index contributed by atoms with van der Waals surface area (Å²) in [6, 6.07) is 31.9. The van der Waals surface area contributed by atoms with Crippen LogP contribution in [0, 0.1) is 40.4 Å². The van der Waals surface area contributed by atoms with Gasteiger partial charge in [0.2, 0.25) is 0 Å². The number of benzene rings is 3. The van der Waals surface area contributed by atoms with Crippen LogP contribution in [-0.4, -0.2) is 18.3 Å². The molecule has 9 atom stereocenters. The second kappa shape index (κ2) is 15.9. The van der Waals surface area contributed by atoms with Crippen molar-refractivity contribution in [1.29, 1.82) is 0 Å². The summed E-state index contributed by atoms with van der Waals surface area (Å²) in [5.74, 6) is 3.49. The van der Waals surface area contributed by atoms with Crippen LogP contribution in [-0.2, 0) is 34.0 Å². The van der Waals surface area contributed by atoms with Crippen LogP contribution in [0.3, 0.4) is 0 Å². The van der Waals surface area contributed by atoms with Crippen molar-refractivity contribution in [3.05, 3.63) is 131 Å². The van der Waals surface area contributed by atoms with E-state index in [4.69, 9.17) is 14.2 Å². The Bertz CT molecular complexity index is 1610. The van der Waals surface area contributed by atoms with E-state index in [1.165, 1.54) is 67.2 Å². The summed E-state index contributed by atoms with van der Waals surface area (Å²) in [6.07, 6.45) is 14.8. The molecule has 0 unspecified atom stereocenters. The molecule has 272 valence electrons.